The van der Waals surface area contributed by atoms with Gasteiger partial charge in [0, 0.05) is 5.75 Å². The molecular formula is C10H12BrFO3S. The highest BCUT2D eigenvalue weighted by Crippen LogP contribution is 2.22. The number of benzene rings is 1. The summed E-state index contributed by atoms with van der Waals surface area (Å²) in [6.07, 6.45) is -1.12. The van der Waals surface area contributed by atoms with E-state index in [1.807, 2.05) is 0 Å². The fourth-order valence-electron chi connectivity index (χ4n) is 1.17. The molecule has 90 valence electrons. The Morgan fingerprint density at radius 1 is 1.50 bits per heavy atom. The van der Waals surface area contributed by atoms with Crippen molar-refractivity contribution in [3.63, 3.8) is 0 Å². The summed E-state index contributed by atoms with van der Waals surface area (Å²) in [5.41, 5.74) is 0.380. The molecule has 16 heavy (non-hydrogen) atoms. The first-order valence-corrected chi connectivity index (χ1v) is 7.30. The van der Waals surface area contributed by atoms with Crippen LogP contribution < -0.4 is 0 Å². The van der Waals surface area contributed by atoms with E-state index in [4.69, 9.17) is 0 Å². The first-order chi connectivity index (χ1) is 7.35. The Morgan fingerprint density at radius 3 is 2.62 bits per heavy atom. The van der Waals surface area contributed by atoms with Gasteiger partial charge in [-0.05, 0) is 33.6 Å². The van der Waals surface area contributed by atoms with E-state index < -0.39 is 21.8 Å². The van der Waals surface area contributed by atoms with Gasteiger partial charge in [0.1, 0.15) is 5.82 Å². The molecule has 1 unspecified atom stereocenters. The van der Waals surface area contributed by atoms with E-state index in [0.717, 1.165) is 0 Å². The van der Waals surface area contributed by atoms with Crippen LogP contribution in [-0.4, -0.2) is 25.0 Å². The molecule has 0 fully saturated rings. The Hall–Kier alpha value is -0.460. The van der Waals surface area contributed by atoms with E-state index in [2.05, 4.69) is 15.9 Å². The predicted octanol–water partition coefficient (Wildman–Crippen LogP) is 2.06. The molecular weight excluding hydrogens is 299 g/mol. The van der Waals surface area contributed by atoms with Crippen molar-refractivity contribution in [2.24, 2.45) is 0 Å². The Labute approximate surface area is 102 Å². The monoisotopic (exact) mass is 310 g/mol. The fraction of sp³-hybridized carbons (Fsp3) is 0.400. The largest absolute Gasteiger partial charge is 0.387 e. The molecule has 0 heterocycles. The van der Waals surface area contributed by atoms with Crippen LogP contribution in [0, 0.1) is 5.82 Å². The van der Waals surface area contributed by atoms with Crippen molar-refractivity contribution in [2.75, 3.05) is 11.5 Å². The maximum Gasteiger partial charge on any atom is 0.152 e. The smallest absolute Gasteiger partial charge is 0.152 e. The molecule has 0 saturated heterocycles. The van der Waals surface area contributed by atoms with Crippen molar-refractivity contribution in [1.29, 1.82) is 0 Å². The molecule has 0 radical (unpaired) electrons. The number of rotatable bonds is 4. The van der Waals surface area contributed by atoms with Crippen molar-refractivity contribution in [3.8, 4) is 0 Å². The van der Waals surface area contributed by atoms with E-state index in [0.29, 0.717) is 5.56 Å². The summed E-state index contributed by atoms with van der Waals surface area (Å²) in [7, 11) is -3.25. The van der Waals surface area contributed by atoms with Gasteiger partial charge < -0.3 is 5.11 Å². The van der Waals surface area contributed by atoms with E-state index in [1.165, 1.54) is 25.1 Å². The van der Waals surface area contributed by atoms with Crippen LogP contribution in [0.15, 0.2) is 22.7 Å². The van der Waals surface area contributed by atoms with Crippen molar-refractivity contribution < 1.29 is 17.9 Å². The van der Waals surface area contributed by atoms with E-state index >= 15 is 0 Å². The lowest BCUT2D eigenvalue weighted by molar-refractivity contribution is 0.201. The van der Waals surface area contributed by atoms with Crippen LogP contribution in [0.5, 0.6) is 0 Å². The molecule has 3 nitrogen and oxygen atoms in total. The lowest BCUT2D eigenvalue weighted by Crippen LogP contribution is -2.16. The van der Waals surface area contributed by atoms with Gasteiger partial charge in [-0.1, -0.05) is 13.0 Å². The molecule has 1 N–H and O–H groups in total. The van der Waals surface area contributed by atoms with Crippen molar-refractivity contribution in [2.45, 2.75) is 13.0 Å². The molecule has 1 atom stereocenters. The van der Waals surface area contributed by atoms with Crippen molar-refractivity contribution in [1.82, 2.24) is 0 Å². The van der Waals surface area contributed by atoms with Gasteiger partial charge in [-0.3, -0.25) is 0 Å². The highest BCUT2D eigenvalue weighted by atomic mass is 79.9. The topological polar surface area (TPSA) is 54.4 Å². The minimum atomic E-state index is -3.25. The molecule has 0 amide bonds. The SMILES string of the molecule is CCS(=O)(=O)CC(O)c1ccc(F)c(Br)c1. The van der Waals surface area contributed by atoms with Crippen molar-refractivity contribution >= 4 is 25.8 Å². The highest BCUT2D eigenvalue weighted by molar-refractivity contribution is 9.10. The van der Waals surface area contributed by atoms with Crippen LogP contribution >= 0.6 is 15.9 Å². The Morgan fingerprint density at radius 2 is 2.12 bits per heavy atom. The molecule has 1 rings (SSSR count). The van der Waals surface area contributed by atoms with Crippen LogP contribution in [0.2, 0.25) is 0 Å². The van der Waals surface area contributed by atoms with Gasteiger partial charge in [-0.25, -0.2) is 12.8 Å². The molecule has 0 aromatic heterocycles. The Bertz CT molecular complexity index is 473. The summed E-state index contributed by atoms with van der Waals surface area (Å²) in [4.78, 5) is 0. The van der Waals surface area contributed by atoms with Gasteiger partial charge in [0.05, 0.1) is 16.3 Å². The average Bonchev–Trinajstić information content (AvgIpc) is 2.21. The first-order valence-electron chi connectivity index (χ1n) is 4.69. The van der Waals surface area contributed by atoms with Crippen LogP contribution in [0.25, 0.3) is 0 Å². The first kappa shape index (κ1) is 13.6. The third-order valence-electron chi connectivity index (χ3n) is 2.18. The summed E-state index contributed by atoms with van der Waals surface area (Å²) < 4.78 is 35.7. The van der Waals surface area contributed by atoms with Crippen LogP contribution in [0.3, 0.4) is 0 Å². The lowest BCUT2D eigenvalue weighted by atomic mass is 10.1. The lowest BCUT2D eigenvalue weighted by Gasteiger charge is -2.11. The second-order valence-electron chi connectivity index (χ2n) is 3.39. The molecule has 0 bridgehead atoms. The number of sulfone groups is 1. The van der Waals surface area contributed by atoms with Gasteiger partial charge in [0.25, 0.3) is 0 Å². The molecule has 0 spiro atoms. The van der Waals surface area contributed by atoms with Crippen LogP contribution in [0.4, 0.5) is 4.39 Å². The third kappa shape index (κ3) is 3.54. The van der Waals surface area contributed by atoms with Gasteiger partial charge >= 0.3 is 0 Å². The standard InChI is InChI=1S/C10H12BrFO3S/c1-2-16(14,15)6-10(13)7-3-4-9(12)8(11)5-7/h3-5,10,13H,2,6H2,1H3. The Balaban J connectivity index is 2.89. The van der Waals surface area contributed by atoms with E-state index in [-0.39, 0.29) is 16.0 Å². The zero-order chi connectivity index (χ0) is 12.3. The number of hydrogen-bond acceptors (Lipinski definition) is 3. The molecule has 0 saturated carbocycles. The van der Waals surface area contributed by atoms with Gasteiger partial charge in [0.2, 0.25) is 0 Å². The molecule has 1 aromatic rings. The van der Waals surface area contributed by atoms with E-state index in [1.54, 1.807) is 0 Å². The second kappa shape index (κ2) is 5.25. The maximum absolute atomic E-state index is 12.9. The van der Waals surface area contributed by atoms with Crippen molar-refractivity contribution in [3.05, 3.63) is 34.1 Å². The molecule has 0 aliphatic carbocycles. The number of aliphatic hydroxyl groups is 1. The molecule has 0 aliphatic heterocycles. The van der Waals surface area contributed by atoms with Gasteiger partial charge in [-0.15, -0.1) is 0 Å². The predicted molar refractivity (Wildman–Crippen MR) is 63.4 cm³/mol. The molecule has 1 aromatic carbocycles. The molecule has 0 aliphatic rings. The summed E-state index contributed by atoms with van der Waals surface area (Å²) in [6, 6.07) is 3.93. The average molecular weight is 311 g/mol. The molecule has 6 heteroatoms. The maximum atomic E-state index is 12.9. The quantitative estimate of drug-likeness (QED) is 0.926. The number of halogens is 2. The van der Waals surface area contributed by atoms with Crippen LogP contribution in [-0.2, 0) is 9.84 Å². The van der Waals surface area contributed by atoms with E-state index in [9.17, 15) is 17.9 Å². The summed E-state index contributed by atoms with van der Waals surface area (Å²) in [5.74, 6) is -0.817. The number of aliphatic hydroxyl groups excluding tert-OH is 1. The summed E-state index contributed by atoms with van der Waals surface area (Å²) in [5, 5.41) is 9.68. The minimum Gasteiger partial charge on any atom is -0.387 e. The summed E-state index contributed by atoms with van der Waals surface area (Å²) >= 11 is 2.98. The number of hydrogen-bond donors (Lipinski definition) is 1. The summed E-state index contributed by atoms with van der Waals surface area (Å²) in [6.45, 7) is 1.52. The second-order valence-corrected chi connectivity index (χ2v) is 6.64. The normalized spacial score (nSPS) is 13.8. The highest BCUT2D eigenvalue weighted by Gasteiger charge is 2.17. The van der Waals surface area contributed by atoms with Gasteiger partial charge in [-0.2, -0.15) is 0 Å². The van der Waals surface area contributed by atoms with Crippen LogP contribution in [0.1, 0.15) is 18.6 Å². The van der Waals surface area contributed by atoms with Gasteiger partial charge in [0.15, 0.2) is 9.84 Å². The fourth-order valence-corrected chi connectivity index (χ4v) is 2.48. The zero-order valence-corrected chi connectivity index (χ0v) is 11.1. The third-order valence-corrected chi connectivity index (χ3v) is 4.49. The zero-order valence-electron chi connectivity index (χ0n) is 8.65. The Kier molecular flexibility index (Phi) is 4.46. The minimum absolute atomic E-state index is 0.0214.